The van der Waals surface area contributed by atoms with Gasteiger partial charge in [-0.2, -0.15) is 0 Å². The molecule has 0 aromatic heterocycles. The molecule has 1 heterocycles. The fourth-order valence-electron chi connectivity index (χ4n) is 2.53. The lowest BCUT2D eigenvalue weighted by atomic mass is 10.1. The van der Waals surface area contributed by atoms with Gasteiger partial charge in [0.2, 0.25) is 0 Å². The van der Waals surface area contributed by atoms with E-state index >= 15 is 0 Å². The van der Waals surface area contributed by atoms with Crippen molar-refractivity contribution in [2.24, 2.45) is 0 Å². The first-order valence-corrected chi connectivity index (χ1v) is 6.30. The monoisotopic (exact) mass is 257 g/mol. The first-order valence-electron chi connectivity index (χ1n) is 6.30. The molecule has 0 saturated heterocycles. The van der Waals surface area contributed by atoms with Gasteiger partial charge in [-0.15, -0.1) is 0 Å². The molecule has 19 heavy (non-hydrogen) atoms. The molecule has 0 saturated carbocycles. The quantitative estimate of drug-likeness (QED) is 0.898. The number of hydrogen-bond donors (Lipinski definition) is 1. The van der Waals surface area contributed by atoms with Gasteiger partial charge >= 0.3 is 5.97 Å². The molecule has 2 aromatic carbocycles. The molecule has 1 aliphatic heterocycles. The Morgan fingerprint density at radius 1 is 1.37 bits per heavy atom. The first-order chi connectivity index (χ1) is 9.16. The van der Waals surface area contributed by atoms with Gasteiger partial charge < -0.3 is 14.7 Å². The van der Waals surface area contributed by atoms with Gasteiger partial charge in [0.05, 0.1) is 11.7 Å². The molecule has 1 atom stereocenters. The zero-order valence-corrected chi connectivity index (χ0v) is 10.7. The van der Waals surface area contributed by atoms with E-state index in [9.17, 15) is 4.79 Å². The van der Waals surface area contributed by atoms with E-state index in [1.807, 2.05) is 48.2 Å². The second-order valence-electron chi connectivity index (χ2n) is 4.82. The molecule has 0 amide bonds. The minimum Gasteiger partial charge on any atom is -0.489 e. The van der Waals surface area contributed by atoms with Crippen LogP contribution in [-0.2, 0) is 4.79 Å². The predicted octanol–water partition coefficient (Wildman–Crippen LogP) is 2.51. The van der Waals surface area contributed by atoms with Crippen molar-refractivity contribution in [3.63, 3.8) is 0 Å². The van der Waals surface area contributed by atoms with Crippen molar-refractivity contribution < 1.29 is 14.6 Å². The van der Waals surface area contributed by atoms with Crippen LogP contribution >= 0.6 is 0 Å². The van der Waals surface area contributed by atoms with Crippen molar-refractivity contribution in [1.29, 1.82) is 0 Å². The summed E-state index contributed by atoms with van der Waals surface area (Å²) in [5, 5.41) is 11.2. The van der Waals surface area contributed by atoms with E-state index in [1.54, 1.807) is 0 Å². The summed E-state index contributed by atoms with van der Waals surface area (Å²) in [6, 6.07) is 12.0. The summed E-state index contributed by atoms with van der Waals surface area (Å²) in [5.74, 6) is -0.0368. The Morgan fingerprint density at radius 2 is 2.16 bits per heavy atom. The second-order valence-corrected chi connectivity index (χ2v) is 4.82. The molecule has 4 heteroatoms. The van der Waals surface area contributed by atoms with Crippen molar-refractivity contribution in [2.75, 3.05) is 18.1 Å². The standard InChI is InChI=1S/C15H15NO3/c1-10-9-19-15-12-5-3-2-4-11(12)6-7-13(15)16(10)8-14(17)18/h2-7,10H,8-9H2,1H3,(H,17,18). The largest absolute Gasteiger partial charge is 0.489 e. The van der Waals surface area contributed by atoms with Gasteiger partial charge in [-0.1, -0.05) is 30.3 Å². The van der Waals surface area contributed by atoms with E-state index in [-0.39, 0.29) is 12.6 Å². The van der Waals surface area contributed by atoms with Crippen LogP contribution in [0.5, 0.6) is 5.75 Å². The molecule has 0 aliphatic carbocycles. The Morgan fingerprint density at radius 3 is 2.95 bits per heavy atom. The maximum atomic E-state index is 11.0. The number of fused-ring (bicyclic) bond motifs is 3. The summed E-state index contributed by atoms with van der Waals surface area (Å²) >= 11 is 0. The van der Waals surface area contributed by atoms with Crippen molar-refractivity contribution in [1.82, 2.24) is 0 Å². The van der Waals surface area contributed by atoms with Crippen LogP contribution in [0.3, 0.4) is 0 Å². The third-order valence-electron chi connectivity index (χ3n) is 3.47. The lowest BCUT2D eigenvalue weighted by Gasteiger charge is -2.36. The molecule has 0 fully saturated rings. The van der Waals surface area contributed by atoms with Crippen molar-refractivity contribution in [2.45, 2.75) is 13.0 Å². The zero-order valence-electron chi connectivity index (χ0n) is 10.7. The molecule has 3 rings (SSSR count). The number of carboxylic acid groups (broad SMARTS) is 1. The number of benzene rings is 2. The van der Waals surface area contributed by atoms with Gasteiger partial charge in [-0.25, -0.2) is 0 Å². The van der Waals surface area contributed by atoms with Gasteiger partial charge in [-0.3, -0.25) is 4.79 Å². The number of rotatable bonds is 2. The number of anilines is 1. The van der Waals surface area contributed by atoms with Gasteiger partial charge in [0, 0.05) is 5.39 Å². The third kappa shape index (κ3) is 1.99. The van der Waals surface area contributed by atoms with Gasteiger partial charge in [0.15, 0.2) is 5.75 Å². The molecule has 98 valence electrons. The van der Waals surface area contributed by atoms with Crippen LogP contribution in [-0.4, -0.2) is 30.3 Å². The van der Waals surface area contributed by atoms with Crippen molar-refractivity contribution >= 4 is 22.4 Å². The molecule has 0 radical (unpaired) electrons. The summed E-state index contributed by atoms with van der Waals surface area (Å²) in [5.41, 5.74) is 0.861. The summed E-state index contributed by atoms with van der Waals surface area (Å²) < 4.78 is 5.83. The van der Waals surface area contributed by atoms with Crippen LogP contribution in [0.25, 0.3) is 10.8 Å². The fraction of sp³-hybridized carbons (Fsp3) is 0.267. The summed E-state index contributed by atoms with van der Waals surface area (Å²) in [6.07, 6.45) is 0. The smallest absolute Gasteiger partial charge is 0.323 e. The van der Waals surface area contributed by atoms with Gasteiger partial charge in [0.1, 0.15) is 13.2 Å². The number of ether oxygens (including phenoxy) is 1. The van der Waals surface area contributed by atoms with Crippen LogP contribution in [0.2, 0.25) is 0 Å². The number of carbonyl (C=O) groups is 1. The normalized spacial score (nSPS) is 17.9. The van der Waals surface area contributed by atoms with Gasteiger partial charge in [0.25, 0.3) is 0 Å². The lowest BCUT2D eigenvalue weighted by Crippen LogP contribution is -2.43. The number of hydrogen-bond acceptors (Lipinski definition) is 3. The van der Waals surface area contributed by atoms with E-state index in [1.165, 1.54) is 0 Å². The maximum absolute atomic E-state index is 11.0. The van der Waals surface area contributed by atoms with E-state index in [2.05, 4.69) is 0 Å². The molecule has 0 bridgehead atoms. The Hall–Kier alpha value is -2.23. The molecular weight excluding hydrogens is 242 g/mol. The molecule has 2 aromatic rings. The van der Waals surface area contributed by atoms with Crippen LogP contribution in [0, 0.1) is 0 Å². The number of aliphatic carboxylic acids is 1. The zero-order chi connectivity index (χ0) is 13.4. The van der Waals surface area contributed by atoms with Crippen LogP contribution in [0.15, 0.2) is 36.4 Å². The SMILES string of the molecule is CC1COc2c(ccc3ccccc23)N1CC(=O)O. The van der Waals surface area contributed by atoms with E-state index in [0.29, 0.717) is 6.61 Å². The summed E-state index contributed by atoms with van der Waals surface area (Å²) in [6.45, 7) is 2.48. The molecule has 4 nitrogen and oxygen atoms in total. The molecule has 1 N–H and O–H groups in total. The topological polar surface area (TPSA) is 49.8 Å². The third-order valence-corrected chi connectivity index (χ3v) is 3.47. The Bertz CT molecular complexity index is 638. The molecule has 1 unspecified atom stereocenters. The highest BCUT2D eigenvalue weighted by Crippen LogP contribution is 2.39. The van der Waals surface area contributed by atoms with E-state index in [0.717, 1.165) is 22.2 Å². The predicted molar refractivity (Wildman–Crippen MR) is 73.9 cm³/mol. The lowest BCUT2D eigenvalue weighted by molar-refractivity contribution is -0.135. The average molecular weight is 257 g/mol. The first kappa shape index (κ1) is 11.8. The highest BCUT2D eigenvalue weighted by atomic mass is 16.5. The molecular formula is C15H15NO3. The van der Waals surface area contributed by atoms with Crippen molar-refractivity contribution in [3.05, 3.63) is 36.4 Å². The Kier molecular flexibility index (Phi) is 2.78. The summed E-state index contributed by atoms with van der Waals surface area (Å²) in [7, 11) is 0. The minimum absolute atomic E-state index is 0.00410. The molecule has 0 spiro atoms. The van der Waals surface area contributed by atoms with E-state index in [4.69, 9.17) is 9.84 Å². The summed E-state index contributed by atoms with van der Waals surface area (Å²) in [4.78, 5) is 12.9. The maximum Gasteiger partial charge on any atom is 0.323 e. The number of carboxylic acids is 1. The molecule has 1 aliphatic rings. The average Bonchev–Trinajstić information content (AvgIpc) is 2.41. The highest BCUT2D eigenvalue weighted by molar-refractivity contribution is 5.94. The van der Waals surface area contributed by atoms with Crippen LogP contribution < -0.4 is 9.64 Å². The van der Waals surface area contributed by atoms with E-state index < -0.39 is 5.97 Å². The highest BCUT2D eigenvalue weighted by Gasteiger charge is 2.27. The fourth-order valence-corrected chi connectivity index (χ4v) is 2.53. The Labute approximate surface area is 111 Å². The second kappa shape index (κ2) is 4.46. The Balaban J connectivity index is 2.15. The van der Waals surface area contributed by atoms with Crippen LogP contribution in [0.4, 0.5) is 5.69 Å². The van der Waals surface area contributed by atoms with Crippen molar-refractivity contribution in [3.8, 4) is 5.75 Å². The van der Waals surface area contributed by atoms with Gasteiger partial charge in [-0.05, 0) is 18.4 Å². The minimum atomic E-state index is -0.826. The van der Waals surface area contributed by atoms with Crippen LogP contribution in [0.1, 0.15) is 6.92 Å². The number of nitrogens with zero attached hydrogens (tertiary/aromatic N) is 1.